The summed E-state index contributed by atoms with van der Waals surface area (Å²) in [6, 6.07) is 18.6. The number of ether oxygens (including phenoxy) is 1. The fourth-order valence-corrected chi connectivity index (χ4v) is 2.75. The van der Waals surface area contributed by atoms with Gasteiger partial charge in [0.25, 0.3) is 11.8 Å². The lowest BCUT2D eigenvalue weighted by Gasteiger charge is -2.08. The van der Waals surface area contributed by atoms with Crippen LogP contribution in [0.2, 0.25) is 0 Å². The van der Waals surface area contributed by atoms with Gasteiger partial charge in [-0.05, 0) is 66.6 Å². The van der Waals surface area contributed by atoms with Crippen LogP contribution in [-0.4, -0.2) is 30.2 Å². The van der Waals surface area contributed by atoms with Crippen LogP contribution < -0.4 is 15.5 Å². The van der Waals surface area contributed by atoms with Crippen LogP contribution in [0.1, 0.15) is 31.8 Å². The summed E-state index contributed by atoms with van der Waals surface area (Å²) in [7, 11) is 1.46. The summed E-state index contributed by atoms with van der Waals surface area (Å²) < 4.78 is 4.97. The van der Waals surface area contributed by atoms with Gasteiger partial charge in [-0.2, -0.15) is 5.10 Å². The molecule has 7 nitrogen and oxygen atoms in total. The van der Waals surface area contributed by atoms with E-state index in [4.69, 9.17) is 4.74 Å². The van der Waals surface area contributed by atoms with Crippen LogP contribution in [0, 0.1) is 6.92 Å². The van der Waals surface area contributed by atoms with Gasteiger partial charge in [-0.25, -0.2) is 5.43 Å². The zero-order valence-electron chi connectivity index (χ0n) is 16.5. The summed E-state index contributed by atoms with van der Waals surface area (Å²) in [5.41, 5.74) is 5.47. The van der Waals surface area contributed by atoms with Crippen LogP contribution in [0.25, 0.3) is 0 Å². The van der Waals surface area contributed by atoms with E-state index in [1.807, 2.05) is 25.1 Å². The Bertz CT molecular complexity index is 1090. The van der Waals surface area contributed by atoms with Crippen LogP contribution in [0.5, 0.6) is 11.5 Å². The number of nitrogens with one attached hydrogen (secondary N) is 2. The second-order valence-corrected chi connectivity index (χ2v) is 6.48. The molecule has 0 saturated heterocycles. The molecule has 3 aromatic rings. The number of rotatable bonds is 6. The Morgan fingerprint density at radius 1 is 1.00 bits per heavy atom. The van der Waals surface area contributed by atoms with E-state index in [9.17, 15) is 14.7 Å². The molecule has 0 aliphatic rings. The third kappa shape index (κ3) is 5.02. The highest BCUT2D eigenvalue weighted by Crippen LogP contribution is 2.25. The summed E-state index contributed by atoms with van der Waals surface area (Å²) in [5, 5.41) is 16.4. The average Bonchev–Trinajstić information content (AvgIpc) is 2.74. The Balaban J connectivity index is 1.59. The quantitative estimate of drug-likeness (QED) is 0.431. The first-order chi connectivity index (χ1) is 14.5. The number of benzene rings is 3. The predicted molar refractivity (Wildman–Crippen MR) is 115 cm³/mol. The van der Waals surface area contributed by atoms with Gasteiger partial charge in [-0.3, -0.25) is 9.59 Å². The number of carbonyl (C=O) groups is 2. The molecule has 3 rings (SSSR count). The molecule has 3 aromatic carbocycles. The summed E-state index contributed by atoms with van der Waals surface area (Å²) in [4.78, 5) is 24.6. The Labute approximate surface area is 174 Å². The number of nitrogens with zero attached hydrogens (tertiary/aromatic N) is 1. The van der Waals surface area contributed by atoms with Gasteiger partial charge in [0.15, 0.2) is 11.5 Å². The van der Waals surface area contributed by atoms with Crippen molar-refractivity contribution >= 4 is 23.7 Å². The molecular weight excluding hydrogens is 382 g/mol. The van der Waals surface area contributed by atoms with Gasteiger partial charge in [0.2, 0.25) is 0 Å². The van der Waals surface area contributed by atoms with E-state index < -0.39 is 5.91 Å². The van der Waals surface area contributed by atoms with Gasteiger partial charge in [0.1, 0.15) is 0 Å². The van der Waals surface area contributed by atoms with Gasteiger partial charge in [0, 0.05) is 16.8 Å². The molecule has 0 radical (unpaired) electrons. The number of carbonyl (C=O) groups excluding carboxylic acids is 2. The maximum Gasteiger partial charge on any atom is 0.271 e. The number of amides is 2. The van der Waals surface area contributed by atoms with Gasteiger partial charge in [0.05, 0.1) is 13.3 Å². The first kappa shape index (κ1) is 20.6. The largest absolute Gasteiger partial charge is 0.504 e. The molecule has 0 fully saturated rings. The summed E-state index contributed by atoms with van der Waals surface area (Å²) >= 11 is 0. The molecule has 0 aliphatic carbocycles. The van der Waals surface area contributed by atoms with Crippen molar-refractivity contribution in [3.8, 4) is 11.5 Å². The van der Waals surface area contributed by atoms with Crippen LogP contribution in [0.15, 0.2) is 71.8 Å². The minimum atomic E-state index is -0.402. The van der Waals surface area contributed by atoms with Crippen molar-refractivity contribution in [1.29, 1.82) is 0 Å². The van der Waals surface area contributed by atoms with Crippen molar-refractivity contribution in [3.05, 3.63) is 89.0 Å². The number of aromatic hydroxyl groups is 1. The number of aryl methyl sites for hydroxylation is 1. The molecule has 0 unspecified atom stereocenters. The number of hydrogen-bond acceptors (Lipinski definition) is 5. The molecule has 0 spiro atoms. The van der Waals surface area contributed by atoms with Gasteiger partial charge >= 0.3 is 0 Å². The second-order valence-electron chi connectivity index (χ2n) is 6.48. The smallest absolute Gasteiger partial charge is 0.271 e. The van der Waals surface area contributed by atoms with E-state index in [-0.39, 0.29) is 11.7 Å². The van der Waals surface area contributed by atoms with Crippen LogP contribution in [0.4, 0.5) is 5.69 Å². The topological polar surface area (TPSA) is 100 Å². The third-order valence-corrected chi connectivity index (χ3v) is 4.38. The first-order valence-electron chi connectivity index (χ1n) is 9.15. The van der Waals surface area contributed by atoms with Crippen molar-refractivity contribution in [2.75, 3.05) is 12.4 Å². The minimum absolute atomic E-state index is 0.0175. The third-order valence-electron chi connectivity index (χ3n) is 4.38. The second kappa shape index (κ2) is 9.38. The minimum Gasteiger partial charge on any atom is -0.504 e. The van der Waals surface area contributed by atoms with Crippen molar-refractivity contribution in [1.82, 2.24) is 5.43 Å². The highest BCUT2D eigenvalue weighted by atomic mass is 16.5. The van der Waals surface area contributed by atoms with E-state index in [2.05, 4.69) is 15.8 Å². The lowest BCUT2D eigenvalue weighted by Crippen LogP contribution is -2.18. The normalized spacial score (nSPS) is 10.6. The van der Waals surface area contributed by atoms with Crippen molar-refractivity contribution in [3.63, 3.8) is 0 Å². The highest BCUT2D eigenvalue weighted by molar-refractivity contribution is 6.05. The van der Waals surface area contributed by atoms with Gasteiger partial charge in [-0.15, -0.1) is 0 Å². The first-order valence-corrected chi connectivity index (χ1v) is 9.15. The number of methoxy groups -OCH3 is 1. The van der Waals surface area contributed by atoms with Gasteiger partial charge < -0.3 is 15.2 Å². The lowest BCUT2D eigenvalue weighted by atomic mass is 10.1. The molecule has 0 aromatic heterocycles. The monoisotopic (exact) mass is 403 g/mol. The zero-order valence-corrected chi connectivity index (χ0v) is 16.5. The van der Waals surface area contributed by atoms with E-state index in [0.717, 1.165) is 5.56 Å². The molecule has 0 bridgehead atoms. The van der Waals surface area contributed by atoms with Gasteiger partial charge in [-0.1, -0.05) is 18.2 Å². The highest BCUT2D eigenvalue weighted by Gasteiger charge is 2.09. The Kier molecular flexibility index (Phi) is 6.44. The summed E-state index contributed by atoms with van der Waals surface area (Å²) in [5.74, 6) is -0.277. The number of phenols is 1. The number of phenolic OH excluding ortho intramolecular Hbond substituents is 1. The average molecular weight is 403 g/mol. The molecular formula is C23H21N3O4. The molecule has 0 saturated carbocycles. The molecule has 3 N–H and O–H groups in total. The van der Waals surface area contributed by atoms with E-state index >= 15 is 0 Å². The van der Waals surface area contributed by atoms with Crippen molar-refractivity contribution in [2.24, 2.45) is 5.10 Å². The van der Waals surface area contributed by atoms with Crippen LogP contribution in [0.3, 0.4) is 0 Å². The number of hydrogen-bond donors (Lipinski definition) is 3. The number of hydrazone groups is 1. The van der Waals surface area contributed by atoms with Crippen molar-refractivity contribution < 1.29 is 19.4 Å². The molecule has 2 amide bonds. The van der Waals surface area contributed by atoms with E-state index in [1.165, 1.54) is 19.4 Å². The Morgan fingerprint density at radius 3 is 2.40 bits per heavy atom. The van der Waals surface area contributed by atoms with Crippen molar-refractivity contribution in [2.45, 2.75) is 6.92 Å². The molecule has 30 heavy (non-hydrogen) atoms. The fraction of sp³-hybridized carbons (Fsp3) is 0.0870. The maximum atomic E-state index is 12.4. The number of anilines is 1. The van der Waals surface area contributed by atoms with Crippen LogP contribution >= 0.6 is 0 Å². The standard InChI is InChI=1S/C23H21N3O4/c1-15-5-3-4-6-19(15)23(29)25-18-10-8-17(9-11-18)22(28)26-24-14-16-7-12-21(30-2)20(27)13-16/h3-14,27H,1-2H3,(H,25,29)(H,26,28)/b24-14+. The molecule has 0 heterocycles. The van der Waals surface area contributed by atoms with E-state index in [0.29, 0.717) is 28.1 Å². The zero-order chi connectivity index (χ0) is 21.5. The molecule has 0 atom stereocenters. The molecule has 152 valence electrons. The van der Waals surface area contributed by atoms with Crippen LogP contribution in [-0.2, 0) is 0 Å². The van der Waals surface area contributed by atoms with E-state index in [1.54, 1.807) is 42.5 Å². The summed E-state index contributed by atoms with van der Waals surface area (Å²) in [6.45, 7) is 1.87. The molecule has 0 aliphatic heterocycles. The molecule has 7 heteroatoms. The summed E-state index contributed by atoms with van der Waals surface area (Å²) in [6.07, 6.45) is 1.41. The Hall–Kier alpha value is -4.13. The fourth-order valence-electron chi connectivity index (χ4n) is 2.75. The Morgan fingerprint density at radius 2 is 1.73 bits per heavy atom. The SMILES string of the molecule is COc1ccc(/C=N/NC(=O)c2ccc(NC(=O)c3ccccc3C)cc2)cc1O. The maximum absolute atomic E-state index is 12.4. The predicted octanol–water partition coefficient (Wildman–Crippen LogP) is 3.73. The lowest BCUT2D eigenvalue weighted by molar-refractivity contribution is 0.0954.